The Bertz CT molecular complexity index is 1710. The highest BCUT2D eigenvalue weighted by molar-refractivity contribution is 6.31. The molecule has 1 aromatic heterocycles. The zero-order valence-corrected chi connectivity index (χ0v) is 25.5. The fourth-order valence-electron chi connectivity index (χ4n) is 5.33. The predicted molar refractivity (Wildman–Crippen MR) is 169 cm³/mol. The highest BCUT2D eigenvalue weighted by Gasteiger charge is 2.35. The van der Waals surface area contributed by atoms with E-state index in [2.05, 4.69) is 32.2 Å². The Labute approximate surface area is 255 Å². The van der Waals surface area contributed by atoms with Gasteiger partial charge in [0.05, 0.1) is 29.6 Å². The van der Waals surface area contributed by atoms with Gasteiger partial charge in [-0.2, -0.15) is 0 Å². The molecule has 1 unspecified atom stereocenters. The lowest BCUT2D eigenvalue weighted by molar-refractivity contribution is -0.119. The average molecular weight is 604 g/mol. The van der Waals surface area contributed by atoms with Crippen molar-refractivity contribution in [1.29, 1.82) is 0 Å². The largest absolute Gasteiger partial charge is 0.495 e. The van der Waals surface area contributed by atoms with E-state index in [0.29, 0.717) is 44.4 Å². The molecule has 3 aromatic carbocycles. The summed E-state index contributed by atoms with van der Waals surface area (Å²) < 4.78 is 10.9. The number of nitrogens with one attached hydrogen (secondary N) is 1. The zero-order chi connectivity index (χ0) is 30.0. The molecule has 0 spiro atoms. The number of carbonyl (C=O) groups excluding carboxylic acids is 2. The number of halogens is 2. The molecule has 1 heterocycles. The summed E-state index contributed by atoms with van der Waals surface area (Å²) in [5, 5.41) is 4.49. The first-order valence-corrected chi connectivity index (χ1v) is 14.5. The molecular formula is C34H32Cl2N2O4. The molecule has 1 amide bonds. The average Bonchev–Trinajstić information content (AvgIpc) is 2.94. The Balaban J connectivity index is 1.53. The minimum absolute atomic E-state index is 0.0339. The first kappa shape index (κ1) is 29.6. The number of pyridine rings is 1. The van der Waals surface area contributed by atoms with Crippen molar-refractivity contribution in [3.63, 3.8) is 0 Å². The molecule has 5 rings (SSSR count). The second-order valence-electron chi connectivity index (χ2n) is 11.5. The van der Waals surface area contributed by atoms with Crippen LogP contribution in [-0.4, -0.2) is 30.6 Å². The van der Waals surface area contributed by atoms with Gasteiger partial charge in [-0.25, -0.2) is 9.78 Å². The van der Waals surface area contributed by atoms with Crippen LogP contribution in [0.4, 0.5) is 5.69 Å². The second-order valence-corrected chi connectivity index (χ2v) is 12.4. The van der Waals surface area contributed by atoms with Crippen molar-refractivity contribution in [3.05, 3.63) is 99.2 Å². The maximum absolute atomic E-state index is 13.8. The van der Waals surface area contributed by atoms with Crippen molar-refractivity contribution < 1.29 is 19.1 Å². The molecule has 6 nitrogen and oxygen atoms in total. The molecule has 1 aliphatic carbocycles. The summed E-state index contributed by atoms with van der Waals surface area (Å²) in [6.45, 7) is 6.15. The van der Waals surface area contributed by atoms with Gasteiger partial charge < -0.3 is 14.8 Å². The summed E-state index contributed by atoms with van der Waals surface area (Å²) in [7, 11) is 1.50. The quantitative estimate of drug-likeness (QED) is 0.224. The molecule has 0 bridgehead atoms. The molecule has 0 fully saturated rings. The van der Waals surface area contributed by atoms with Crippen molar-refractivity contribution in [2.75, 3.05) is 19.0 Å². The molecule has 8 heteroatoms. The third-order valence-electron chi connectivity index (χ3n) is 7.60. The number of hydrogen-bond acceptors (Lipinski definition) is 5. The van der Waals surface area contributed by atoms with Crippen LogP contribution in [0.2, 0.25) is 10.0 Å². The van der Waals surface area contributed by atoms with Gasteiger partial charge in [0.25, 0.3) is 5.91 Å². The van der Waals surface area contributed by atoms with Crippen molar-refractivity contribution >= 4 is 63.3 Å². The molecule has 0 saturated carbocycles. The summed E-state index contributed by atoms with van der Waals surface area (Å²) in [6.07, 6.45) is 3.55. The highest BCUT2D eigenvalue weighted by atomic mass is 35.5. The number of hydrogen-bond donors (Lipinski definition) is 1. The van der Waals surface area contributed by atoms with Crippen molar-refractivity contribution in [2.24, 2.45) is 11.3 Å². The third kappa shape index (κ3) is 6.45. The first-order valence-electron chi connectivity index (χ1n) is 13.7. The number of allylic oxidation sites excluding steroid dienone is 1. The summed E-state index contributed by atoms with van der Waals surface area (Å²) in [5.74, 6) is -0.399. The summed E-state index contributed by atoms with van der Waals surface area (Å²) in [6, 6.07) is 20.1. The van der Waals surface area contributed by atoms with E-state index in [0.717, 1.165) is 28.8 Å². The maximum atomic E-state index is 13.8. The van der Waals surface area contributed by atoms with Crippen LogP contribution in [0, 0.1) is 11.3 Å². The number of carbonyl (C=O) groups is 2. The van der Waals surface area contributed by atoms with Gasteiger partial charge in [-0.15, -0.1) is 0 Å². The Morgan fingerprint density at radius 2 is 1.76 bits per heavy atom. The van der Waals surface area contributed by atoms with Crippen molar-refractivity contribution in [3.8, 4) is 5.75 Å². The van der Waals surface area contributed by atoms with Crippen LogP contribution < -0.4 is 10.1 Å². The van der Waals surface area contributed by atoms with E-state index < -0.39 is 18.5 Å². The first-order chi connectivity index (χ1) is 20.0. The number of ether oxygens (including phenoxy) is 2. The minimum Gasteiger partial charge on any atom is -0.495 e. The lowest BCUT2D eigenvalue weighted by Gasteiger charge is -2.36. The lowest BCUT2D eigenvalue weighted by atomic mass is 9.69. The summed E-state index contributed by atoms with van der Waals surface area (Å²) in [5.41, 5.74) is 5.07. The second kappa shape index (κ2) is 12.2. The molecule has 42 heavy (non-hydrogen) atoms. The molecule has 1 N–H and O–H groups in total. The van der Waals surface area contributed by atoms with Gasteiger partial charge in [-0.05, 0) is 83.3 Å². The molecule has 0 radical (unpaired) electrons. The van der Waals surface area contributed by atoms with Crippen LogP contribution in [-0.2, 0) is 16.0 Å². The SMILES string of the molecule is COc1ccc(Cl)cc1NC(=O)COC(=O)c1c2c(nc3ccccc13)/C(=C\c1cccc(Cl)c1)CC(C(C)(C)C)C2. The van der Waals surface area contributed by atoms with Crippen LogP contribution in [0.15, 0.2) is 66.7 Å². The Morgan fingerprint density at radius 1 is 1.00 bits per heavy atom. The fraction of sp³-hybridized carbons (Fsp3) is 0.265. The van der Waals surface area contributed by atoms with Crippen LogP contribution in [0.3, 0.4) is 0 Å². The fourth-order valence-corrected chi connectivity index (χ4v) is 5.71. The van der Waals surface area contributed by atoms with E-state index in [9.17, 15) is 9.59 Å². The third-order valence-corrected chi connectivity index (χ3v) is 8.07. The number of methoxy groups -OCH3 is 1. The van der Waals surface area contributed by atoms with Gasteiger partial charge >= 0.3 is 5.97 Å². The van der Waals surface area contributed by atoms with Crippen LogP contribution in [0.5, 0.6) is 5.75 Å². The molecule has 1 aliphatic rings. The van der Waals surface area contributed by atoms with Gasteiger partial charge in [0.2, 0.25) is 0 Å². The van der Waals surface area contributed by atoms with Gasteiger partial charge in [0.1, 0.15) is 5.75 Å². The Morgan fingerprint density at radius 3 is 2.50 bits per heavy atom. The smallest absolute Gasteiger partial charge is 0.339 e. The minimum atomic E-state index is -0.574. The van der Waals surface area contributed by atoms with Crippen LogP contribution in [0.1, 0.15) is 54.4 Å². The topological polar surface area (TPSA) is 77.5 Å². The highest BCUT2D eigenvalue weighted by Crippen LogP contribution is 2.45. The van der Waals surface area contributed by atoms with E-state index in [-0.39, 0.29) is 11.3 Å². The monoisotopic (exact) mass is 602 g/mol. The van der Waals surface area contributed by atoms with Gasteiger partial charge in [-0.3, -0.25) is 4.79 Å². The van der Waals surface area contributed by atoms with Crippen molar-refractivity contribution in [1.82, 2.24) is 4.98 Å². The van der Waals surface area contributed by atoms with E-state index in [4.69, 9.17) is 37.7 Å². The lowest BCUT2D eigenvalue weighted by Crippen LogP contribution is -2.29. The van der Waals surface area contributed by atoms with Gasteiger partial charge in [0.15, 0.2) is 6.61 Å². The zero-order valence-electron chi connectivity index (χ0n) is 24.0. The molecular weight excluding hydrogens is 571 g/mol. The number of para-hydroxylation sites is 1. The van der Waals surface area contributed by atoms with E-state index in [1.807, 2.05) is 48.5 Å². The van der Waals surface area contributed by atoms with Crippen LogP contribution in [0.25, 0.3) is 22.6 Å². The van der Waals surface area contributed by atoms with Crippen molar-refractivity contribution in [2.45, 2.75) is 33.6 Å². The number of nitrogens with zero attached hydrogens (tertiary/aromatic N) is 1. The molecule has 216 valence electrons. The normalized spacial score (nSPS) is 15.8. The van der Waals surface area contributed by atoms with E-state index >= 15 is 0 Å². The summed E-state index contributed by atoms with van der Waals surface area (Å²) >= 11 is 12.4. The Kier molecular flexibility index (Phi) is 8.58. The number of anilines is 1. The Hall–Kier alpha value is -3.87. The van der Waals surface area contributed by atoms with Gasteiger partial charge in [0, 0.05) is 15.4 Å². The number of rotatable bonds is 6. The molecule has 0 saturated heterocycles. The standard InChI is InChI=1S/C34H32Cl2N2O4/c1-34(2,3)22-16-21(14-20-8-7-9-23(35)15-20)32-26(17-22)31(25-10-5-6-11-27(25)38-32)33(40)42-19-30(39)37-28-18-24(36)12-13-29(28)41-4/h5-15,18,22H,16-17,19H2,1-4H3,(H,37,39)/b21-14-. The predicted octanol–water partition coefficient (Wildman–Crippen LogP) is 8.49. The van der Waals surface area contributed by atoms with Crippen LogP contribution >= 0.6 is 23.2 Å². The number of amides is 1. The van der Waals surface area contributed by atoms with E-state index in [1.54, 1.807) is 18.2 Å². The maximum Gasteiger partial charge on any atom is 0.339 e. The van der Waals surface area contributed by atoms with Gasteiger partial charge in [-0.1, -0.05) is 74.3 Å². The number of fused-ring (bicyclic) bond motifs is 2. The number of esters is 1. The molecule has 1 atom stereocenters. The number of benzene rings is 3. The molecule has 4 aromatic rings. The molecule has 0 aliphatic heterocycles. The van der Waals surface area contributed by atoms with E-state index in [1.165, 1.54) is 7.11 Å². The summed E-state index contributed by atoms with van der Waals surface area (Å²) in [4.78, 5) is 31.7. The number of aromatic nitrogens is 1.